The molecule has 0 spiro atoms. The number of likely N-dealkylation sites (tertiary alicyclic amines) is 1. The zero-order valence-electron chi connectivity index (χ0n) is 12.6. The van der Waals surface area contributed by atoms with Crippen molar-refractivity contribution in [2.75, 3.05) is 26.2 Å². The molecule has 2 nitrogen and oxygen atoms in total. The van der Waals surface area contributed by atoms with Gasteiger partial charge >= 0.3 is 0 Å². The van der Waals surface area contributed by atoms with Crippen molar-refractivity contribution < 1.29 is 0 Å². The maximum atomic E-state index is 3.59. The third kappa shape index (κ3) is 3.62. The minimum atomic E-state index is 0.860. The topological polar surface area (TPSA) is 15.3 Å². The third-order valence-corrected chi connectivity index (χ3v) is 5.05. The highest BCUT2D eigenvalue weighted by Crippen LogP contribution is 2.28. The first-order chi connectivity index (χ1) is 9.93. The summed E-state index contributed by atoms with van der Waals surface area (Å²) in [5.41, 5.74) is 1.49. The lowest BCUT2D eigenvalue weighted by atomic mass is 9.90. The Morgan fingerprint density at radius 3 is 2.80 bits per heavy atom. The van der Waals surface area contributed by atoms with E-state index in [2.05, 4.69) is 40.5 Å². The molecule has 2 aliphatic heterocycles. The minimum Gasteiger partial charge on any atom is -0.316 e. The van der Waals surface area contributed by atoms with Crippen molar-refractivity contribution in [3.05, 3.63) is 35.9 Å². The van der Waals surface area contributed by atoms with E-state index in [0.717, 1.165) is 12.0 Å². The van der Waals surface area contributed by atoms with Crippen LogP contribution in [0.5, 0.6) is 0 Å². The van der Waals surface area contributed by atoms with Crippen LogP contribution in [0.15, 0.2) is 30.3 Å². The molecule has 0 aromatic heterocycles. The highest BCUT2D eigenvalue weighted by atomic mass is 15.2. The van der Waals surface area contributed by atoms with E-state index in [1.54, 1.807) is 0 Å². The van der Waals surface area contributed by atoms with E-state index in [-0.39, 0.29) is 0 Å². The predicted octanol–water partition coefficient (Wildman–Crippen LogP) is 3.08. The zero-order chi connectivity index (χ0) is 13.6. The van der Waals surface area contributed by atoms with Crippen LogP contribution < -0.4 is 5.32 Å². The molecule has 2 heterocycles. The molecule has 1 N–H and O–H groups in total. The van der Waals surface area contributed by atoms with Crippen molar-refractivity contribution in [1.82, 2.24) is 10.2 Å². The maximum Gasteiger partial charge on any atom is 0.0136 e. The van der Waals surface area contributed by atoms with Gasteiger partial charge in [0.15, 0.2) is 0 Å². The second-order valence-electron chi connectivity index (χ2n) is 6.44. The van der Waals surface area contributed by atoms with Gasteiger partial charge in [-0.2, -0.15) is 0 Å². The third-order valence-electron chi connectivity index (χ3n) is 5.05. The van der Waals surface area contributed by atoms with Gasteiger partial charge in [-0.05, 0) is 76.2 Å². The van der Waals surface area contributed by atoms with Crippen LogP contribution in [0.1, 0.15) is 37.7 Å². The summed E-state index contributed by atoms with van der Waals surface area (Å²) in [5.74, 6) is 0.906. The average molecular weight is 272 g/mol. The van der Waals surface area contributed by atoms with E-state index in [1.807, 2.05) is 0 Å². The molecular weight excluding hydrogens is 244 g/mol. The van der Waals surface area contributed by atoms with Crippen molar-refractivity contribution >= 4 is 0 Å². The normalized spacial score (nSPS) is 27.8. The van der Waals surface area contributed by atoms with Crippen LogP contribution in [-0.4, -0.2) is 37.1 Å². The standard InChI is InChI=1S/C18H28N2/c1-2-7-16(8-3-1)9-5-13-20-14-6-11-18(20)17-10-4-12-19-15-17/h1-3,7-8,17-19H,4-6,9-15H2. The minimum absolute atomic E-state index is 0.860. The molecule has 2 saturated heterocycles. The Bertz CT molecular complexity index is 384. The molecule has 0 saturated carbocycles. The number of piperidine rings is 1. The Morgan fingerprint density at radius 2 is 2.00 bits per heavy atom. The molecule has 0 amide bonds. The van der Waals surface area contributed by atoms with Crippen molar-refractivity contribution in [1.29, 1.82) is 0 Å². The molecule has 2 heteroatoms. The fourth-order valence-electron chi connectivity index (χ4n) is 4.00. The first kappa shape index (κ1) is 14.1. The molecule has 1 aromatic carbocycles. The summed E-state index contributed by atoms with van der Waals surface area (Å²) in [6, 6.07) is 11.8. The molecule has 0 radical (unpaired) electrons. The molecule has 110 valence electrons. The van der Waals surface area contributed by atoms with Crippen molar-refractivity contribution in [2.24, 2.45) is 5.92 Å². The Labute approximate surface area is 123 Å². The van der Waals surface area contributed by atoms with E-state index in [0.29, 0.717) is 0 Å². The van der Waals surface area contributed by atoms with Gasteiger partial charge in [-0.15, -0.1) is 0 Å². The zero-order valence-corrected chi connectivity index (χ0v) is 12.6. The number of hydrogen-bond acceptors (Lipinski definition) is 2. The van der Waals surface area contributed by atoms with Crippen LogP contribution in [0, 0.1) is 5.92 Å². The maximum absolute atomic E-state index is 3.59. The molecule has 3 rings (SSSR count). The number of aryl methyl sites for hydroxylation is 1. The summed E-state index contributed by atoms with van der Waals surface area (Å²) in [4.78, 5) is 2.78. The van der Waals surface area contributed by atoms with Gasteiger partial charge in [0.1, 0.15) is 0 Å². The molecule has 0 bridgehead atoms. The average Bonchev–Trinajstić information content (AvgIpc) is 2.98. The number of nitrogens with one attached hydrogen (secondary N) is 1. The fraction of sp³-hybridized carbons (Fsp3) is 0.667. The summed E-state index contributed by atoms with van der Waals surface area (Å²) in [7, 11) is 0. The van der Waals surface area contributed by atoms with E-state index in [4.69, 9.17) is 0 Å². The monoisotopic (exact) mass is 272 g/mol. The van der Waals surface area contributed by atoms with Crippen LogP contribution in [0.25, 0.3) is 0 Å². The molecule has 2 fully saturated rings. The molecule has 1 aromatic rings. The van der Waals surface area contributed by atoms with E-state index >= 15 is 0 Å². The summed E-state index contributed by atoms with van der Waals surface area (Å²) in [6.07, 6.45) is 8.18. The summed E-state index contributed by atoms with van der Waals surface area (Å²) >= 11 is 0. The molecule has 2 atom stereocenters. The van der Waals surface area contributed by atoms with Gasteiger partial charge in [0, 0.05) is 6.04 Å². The lowest BCUT2D eigenvalue weighted by molar-refractivity contribution is 0.164. The Morgan fingerprint density at radius 1 is 1.10 bits per heavy atom. The molecule has 2 unspecified atom stereocenters. The SMILES string of the molecule is c1ccc(CCCN2CCCC2C2CCCNC2)cc1. The molecular formula is C18H28N2. The first-order valence-corrected chi connectivity index (χ1v) is 8.42. The number of nitrogens with zero attached hydrogens (tertiary/aromatic N) is 1. The van der Waals surface area contributed by atoms with Crippen molar-refractivity contribution in [2.45, 2.75) is 44.6 Å². The predicted molar refractivity (Wildman–Crippen MR) is 85.0 cm³/mol. The van der Waals surface area contributed by atoms with Crippen LogP contribution in [0.2, 0.25) is 0 Å². The Hall–Kier alpha value is -0.860. The lowest BCUT2D eigenvalue weighted by Crippen LogP contribution is -2.43. The van der Waals surface area contributed by atoms with Gasteiger partial charge < -0.3 is 10.2 Å². The van der Waals surface area contributed by atoms with Crippen molar-refractivity contribution in [3.8, 4) is 0 Å². The van der Waals surface area contributed by atoms with Gasteiger partial charge in [-0.1, -0.05) is 30.3 Å². The van der Waals surface area contributed by atoms with Crippen LogP contribution in [0.4, 0.5) is 0 Å². The van der Waals surface area contributed by atoms with Gasteiger partial charge in [0.25, 0.3) is 0 Å². The Kier molecular flexibility index (Phi) is 5.10. The second kappa shape index (κ2) is 7.24. The van der Waals surface area contributed by atoms with Crippen molar-refractivity contribution in [3.63, 3.8) is 0 Å². The molecule has 0 aliphatic carbocycles. The molecule has 2 aliphatic rings. The van der Waals surface area contributed by atoms with Gasteiger partial charge in [0.2, 0.25) is 0 Å². The highest BCUT2D eigenvalue weighted by molar-refractivity contribution is 5.14. The van der Waals surface area contributed by atoms with E-state index in [9.17, 15) is 0 Å². The number of benzene rings is 1. The van der Waals surface area contributed by atoms with Gasteiger partial charge in [-0.3, -0.25) is 0 Å². The van der Waals surface area contributed by atoms with Crippen LogP contribution in [-0.2, 0) is 6.42 Å². The summed E-state index contributed by atoms with van der Waals surface area (Å²) in [6.45, 7) is 5.10. The van der Waals surface area contributed by atoms with Gasteiger partial charge in [-0.25, -0.2) is 0 Å². The number of rotatable bonds is 5. The first-order valence-electron chi connectivity index (χ1n) is 8.42. The van der Waals surface area contributed by atoms with E-state index in [1.165, 1.54) is 70.3 Å². The molecule has 20 heavy (non-hydrogen) atoms. The van der Waals surface area contributed by atoms with Crippen LogP contribution in [0.3, 0.4) is 0 Å². The highest BCUT2D eigenvalue weighted by Gasteiger charge is 2.31. The number of hydrogen-bond donors (Lipinski definition) is 1. The van der Waals surface area contributed by atoms with Gasteiger partial charge in [0.05, 0.1) is 0 Å². The van der Waals surface area contributed by atoms with E-state index < -0.39 is 0 Å². The fourth-order valence-corrected chi connectivity index (χ4v) is 4.00. The smallest absolute Gasteiger partial charge is 0.0136 e. The Balaban J connectivity index is 1.46. The summed E-state index contributed by atoms with van der Waals surface area (Å²) < 4.78 is 0. The largest absolute Gasteiger partial charge is 0.316 e. The van der Waals surface area contributed by atoms with Crippen LogP contribution >= 0.6 is 0 Å². The summed E-state index contributed by atoms with van der Waals surface area (Å²) in [5, 5.41) is 3.59. The quantitative estimate of drug-likeness (QED) is 0.886. The lowest BCUT2D eigenvalue weighted by Gasteiger charge is -2.34. The second-order valence-corrected chi connectivity index (χ2v) is 6.44.